The van der Waals surface area contributed by atoms with Crippen molar-refractivity contribution < 1.29 is 0 Å². The van der Waals surface area contributed by atoms with Crippen LogP contribution in [0.3, 0.4) is 0 Å². The van der Waals surface area contributed by atoms with Crippen LogP contribution in [0.25, 0.3) is 0 Å². The molecule has 0 aromatic heterocycles. The zero-order valence-electron chi connectivity index (χ0n) is 12.6. The summed E-state index contributed by atoms with van der Waals surface area (Å²) in [6.45, 7) is 12.2. The number of likely N-dealkylation sites (tertiary alicyclic amines) is 1. The average molecular weight is 252 g/mol. The lowest BCUT2D eigenvalue weighted by atomic mass is 9.90. The van der Waals surface area contributed by atoms with Gasteiger partial charge >= 0.3 is 0 Å². The van der Waals surface area contributed by atoms with Gasteiger partial charge in [-0.15, -0.1) is 0 Å². The van der Waals surface area contributed by atoms with E-state index in [1.54, 1.807) is 0 Å². The molecule has 2 heteroatoms. The molecule has 106 valence electrons. The Balaban J connectivity index is 1.79. The Bertz CT molecular complexity index is 235. The molecule has 0 amide bonds. The van der Waals surface area contributed by atoms with Gasteiger partial charge in [-0.3, -0.25) is 0 Å². The van der Waals surface area contributed by atoms with E-state index in [0.29, 0.717) is 0 Å². The molecular formula is C16H32N2. The Morgan fingerprint density at radius 2 is 1.94 bits per heavy atom. The Morgan fingerprint density at radius 3 is 2.56 bits per heavy atom. The summed E-state index contributed by atoms with van der Waals surface area (Å²) in [4.78, 5) is 2.75. The standard InChI is InChI=1S/C16H32N2/c1-4-5-15-8-16(17-9-13(2)3)12-18(11-15)10-14-6-7-14/h13-17H,4-12H2,1-3H3. The molecule has 2 aliphatic rings. The zero-order chi connectivity index (χ0) is 13.0. The highest BCUT2D eigenvalue weighted by atomic mass is 15.2. The maximum Gasteiger partial charge on any atom is 0.0198 e. The van der Waals surface area contributed by atoms with Crippen molar-refractivity contribution in [3.8, 4) is 0 Å². The van der Waals surface area contributed by atoms with E-state index in [2.05, 4.69) is 31.0 Å². The van der Waals surface area contributed by atoms with Crippen LogP contribution >= 0.6 is 0 Å². The normalized spacial score (nSPS) is 30.0. The van der Waals surface area contributed by atoms with Gasteiger partial charge in [-0.05, 0) is 50.0 Å². The third kappa shape index (κ3) is 4.89. The first-order valence-corrected chi connectivity index (χ1v) is 8.13. The summed E-state index contributed by atoms with van der Waals surface area (Å²) in [5.41, 5.74) is 0. The number of hydrogen-bond donors (Lipinski definition) is 1. The summed E-state index contributed by atoms with van der Waals surface area (Å²) in [7, 11) is 0. The molecule has 2 unspecified atom stereocenters. The minimum atomic E-state index is 0.747. The van der Waals surface area contributed by atoms with Crippen LogP contribution in [0.2, 0.25) is 0 Å². The van der Waals surface area contributed by atoms with E-state index in [0.717, 1.165) is 23.8 Å². The predicted octanol–water partition coefficient (Wildman–Crippen LogP) is 3.13. The van der Waals surface area contributed by atoms with Gasteiger partial charge in [0, 0.05) is 25.7 Å². The van der Waals surface area contributed by atoms with Crippen LogP contribution in [0.5, 0.6) is 0 Å². The monoisotopic (exact) mass is 252 g/mol. The van der Waals surface area contributed by atoms with Crippen molar-refractivity contribution in [3.05, 3.63) is 0 Å². The van der Waals surface area contributed by atoms with E-state index in [1.807, 2.05) is 0 Å². The van der Waals surface area contributed by atoms with Crippen molar-refractivity contribution in [1.82, 2.24) is 10.2 Å². The minimum absolute atomic E-state index is 0.747. The molecule has 2 fully saturated rings. The van der Waals surface area contributed by atoms with E-state index in [9.17, 15) is 0 Å². The van der Waals surface area contributed by atoms with Gasteiger partial charge in [-0.2, -0.15) is 0 Å². The maximum atomic E-state index is 3.79. The minimum Gasteiger partial charge on any atom is -0.312 e. The van der Waals surface area contributed by atoms with Crippen LogP contribution in [-0.4, -0.2) is 37.1 Å². The van der Waals surface area contributed by atoms with Crippen LogP contribution in [0.1, 0.15) is 52.9 Å². The molecule has 1 saturated carbocycles. The number of hydrogen-bond acceptors (Lipinski definition) is 2. The predicted molar refractivity (Wildman–Crippen MR) is 78.8 cm³/mol. The third-order valence-electron chi connectivity index (χ3n) is 4.34. The maximum absolute atomic E-state index is 3.79. The molecule has 1 aliphatic carbocycles. The first-order chi connectivity index (χ1) is 8.67. The Labute approximate surface area is 114 Å². The quantitative estimate of drug-likeness (QED) is 0.749. The molecule has 2 rings (SSSR count). The first-order valence-electron chi connectivity index (χ1n) is 8.13. The van der Waals surface area contributed by atoms with Crippen molar-refractivity contribution in [2.45, 2.75) is 58.9 Å². The van der Waals surface area contributed by atoms with Crippen LogP contribution < -0.4 is 5.32 Å². The molecule has 0 aromatic rings. The highest BCUT2D eigenvalue weighted by Gasteiger charge is 2.30. The molecule has 0 bridgehead atoms. The lowest BCUT2D eigenvalue weighted by Crippen LogP contribution is -2.50. The summed E-state index contributed by atoms with van der Waals surface area (Å²) in [6.07, 6.45) is 7.14. The zero-order valence-corrected chi connectivity index (χ0v) is 12.6. The van der Waals surface area contributed by atoms with Gasteiger partial charge in [0.15, 0.2) is 0 Å². The van der Waals surface area contributed by atoms with Crippen LogP contribution in [0.15, 0.2) is 0 Å². The van der Waals surface area contributed by atoms with E-state index in [1.165, 1.54) is 58.3 Å². The molecule has 2 atom stereocenters. The van der Waals surface area contributed by atoms with Crippen LogP contribution in [0.4, 0.5) is 0 Å². The topological polar surface area (TPSA) is 15.3 Å². The SMILES string of the molecule is CCCC1CC(NCC(C)C)CN(CC2CC2)C1. The fourth-order valence-electron chi connectivity index (χ4n) is 3.29. The summed E-state index contributed by atoms with van der Waals surface area (Å²) in [5, 5.41) is 3.79. The molecule has 1 heterocycles. The lowest BCUT2D eigenvalue weighted by Gasteiger charge is -2.38. The summed E-state index contributed by atoms with van der Waals surface area (Å²) in [6, 6.07) is 0.747. The second-order valence-electron chi connectivity index (χ2n) is 7.05. The Kier molecular flexibility index (Phi) is 5.50. The second-order valence-corrected chi connectivity index (χ2v) is 7.05. The van der Waals surface area contributed by atoms with E-state index < -0.39 is 0 Å². The van der Waals surface area contributed by atoms with Crippen molar-refractivity contribution in [3.63, 3.8) is 0 Å². The summed E-state index contributed by atoms with van der Waals surface area (Å²) in [5.74, 6) is 2.75. The van der Waals surface area contributed by atoms with Gasteiger partial charge in [-0.1, -0.05) is 27.2 Å². The van der Waals surface area contributed by atoms with Crippen LogP contribution in [0, 0.1) is 17.8 Å². The molecule has 1 aliphatic heterocycles. The molecule has 0 aromatic carbocycles. The Hall–Kier alpha value is -0.0800. The van der Waals surface area contributed by atoms with E-state index in [-0.39, 0.29) is 0 Å². The highest BCUT2D eigenvalue weighted by Crippen LogP contribution is 2.31. The molecule has 18 heavy (non-hydrogen) atoms. The average Bonchev–Trinajstić information content (AvgIpc) is 3.10. The molecule has 2 nitrogen and oxygen atoms in total. The van der Waals surface area contributed by atoms with Gasteiger partial charge in [0.1, 0.15) is 0 Å². The number of piperidine rings is 1. The molecule has 0 spiro atoms. The van der Waals surface area contributed by atoms with Gasteiger partial charge in [0.25, 0.3) is 0 Å². The number of rotatable bonds is 7. The number of nitrogens with one attached hydrogen (secondary N) is 1. The van der Waals surface area contributed by atoms with Crippen molar-refractivity contribution in [1.29, 1.82) is 0 Å². The van der Waals surface area contributed by atoms with Crippen molar-refractivity contribution in [2.24, 2.45) is 17.8 Å². The smallest absolute Gasteiger partial charge is 0.0198 e. The van der Waals surface area contributed by atoms with Crippen molar-refractivity contribution >= 4 is 0 Å². The number of nitrogens with zero attached hydrogens (tertiary/aromatic N) is 1. The second kappa shape index (κ2) is 6.91. The lowest BCUT2D eigenvalue weighted by molar-refractivity contribution is 0.129. The molecule has 1 saturated heterocycles. The third-order valence-corrected chi connectivity index (χ3v) is 4.34. The fraction of sp³-hybridized carbons (Fsp3) is 1.00. The van der Waals surface area contributed by atoms with Gasteiger partial charge < -0.3 is 10.2 Å². The van der Waals surface area contributed by atoms with Gasteiger partial charge in [-0.25, -0.2) is 0 Å². The molecule has 1 N–H and O–H groups in total. The first kappa shape index (κ1) is 14.3. The fourth-order valence-corrected chi connectivity index (χ4v) is 3.29. The van der Waals surface area contributed by atoms with Crippen LogP contribution in [-0.2, 0) is 0 Å². The largest absolute Gasteiger partial charge is 0.312 e. The highest BCUT2D eigenvalue weighted by molar-refractivity contribution is 4.87. The Morgan fingerprint density at radius 1 is 1.17 bits per heavy atom. The molecule has 0 radical (unpaired) electrons. The van der Waals surface area contributed by atoms with Crippen molar-refractivity contribution in [2.75, 3.05) is 26.2 Å². The van der Waals surface area contributed by atoms with Gasteiger partial charge in [0.2, 0.25) is 0 Å². The van der Waals surface area contributed by atoms with E-state index in [4.69, 9.17) is 0 Å². The van der Waals surface area contributed by atoms with Gasteiger partial charge in [0.05, 0.1) is 0 Å². The summed E-state index contributed by atoms with van der Waals surface area (Å²) < 4.78 is 0. The molecular weight excluding hydrogens is 220 g/mol. The summed E-state index contributed by atoms with van der Waals surface area (Å²) >= 11 is 0. The van der Waals surface area contributed by atoms with E-state index >= 15 is 0 Å².